The van der Waals surface area contributed by atoms with Gasteiger partial charge in [0.15, 0.2) is 0 Å². The SMILES string of the molecule is O=C1Oc2ccccc2[C@@H]2c3sc(=O)[nH]c3S[C@H](c3ccc(F)cc3)[C@H]12. The fourth-order valence-corrected chi connectivity index (χ4v) is 6.27. The molecule has 2 aromatic carbocycles. The van der Waals surface area contributed by atoms with Crippen molar-refractivity contribution < 1.29 is 13.9 Å². The molecule has 0 fully saturated rings. The van der Waals surface area contributed by atoms with Gasteiger partial charge >= 0.3 is 10.8 Å². The highest BCUT2D eigenvalue weighted by atomic mass is 32.2. The second kappa shape index (κ2) is 5.82. The Morgan fingerprint density at radius 3 is 2.62 bits per heavy atom. The Bertz CT molecular complexity index is 1070. The summed E-state index contributed by atoms with van der Waals surface area (Å²) >= 11 is 2.57. The first kappa shape index (κ1) is 15.8. The van der Waals surface area contributed by atoms with Crippen molar-refractivity contribution in [1.29, 1.82) is 0 Å². The van der Waals surface area contributed by atoms with Crippen LogP contribution in [0.5, 0.6) is 5.75 Å². The Hall–Kier alpha value is -2.38. The van der Waals surface area contributed by atoms with Gasteiger partial charge in [0, 0.05) is 16.4 Å². The first-order chi connectivity index (χ1) is 12.6. The second-order valence-electron chi connectivity index (χ2n) is 6.26. The fourth-order valence-electron chi connectivity index (χ4n) is 3.69. The van der Waals surface area contributed by atoms with Gasteiger partial charge in [-0.2, -0.15) is 0 Å². The smallest absolute Gasteiger partial charge is 0.316 e. The van der Waals surface area contributed by atoms with E-state index in [4.69, 9.17) is 4.74 Å². The van der Waals surface area contributed by atoms with Gasteiger partial charge in [-0.05, 0) is 23.8 Å². The Balaban J connectivity index is 1.73. The molecule has 0 saturated heterocycles. The summed E-state index contributed by atoms with van der Waals surface area (Å²) in [5, 5.41) is 0.513. The zero-order valence-corrected chi connectivity index (χ0v) is 14.9. The normalized spacial score (nSPS) is 23.6. The van der Waals surface area contributed by atoms with Gasteiger partial charge in [-0.1, -0.05) is 53.4 Å². The van der Waals surface area contributed by atoms with Crippen LogP contribution in [-0.2, 0) is 4.79 Å². The summed E-state index contributed by atoms with van der Waals surface area (Å²) in [5.41, 5.74) is 1.74. The van der Waals surface area contributed by atoms with Crippen LogP contribution in [0.4, 0.5) is 4.39 Å². The molecule has 130 valence electrons. The number of fused-ring (bicyclic) bond motifs is 5. The highest BCUT2D eigenvalue weighted by molar-refractivity contribution is 7.99. The molecule has 26 heavy (non-hydrogen) atoms. The summed E-state index contributed by atoms with van der Waals surface area (Å²) in [6, 6.07) is 13.6. The maximum atomic E-state index is 13.4. The number of para-hydroxylation sites is 1. The molecule has 0 spiro atoms. The highest BCUT2D eigenvalue weighted by Gasteiger charge is 2.49. The first-order valence-corrected chi connectivity index (χ1v) is 9.77. The number of thioether (sulfide) groups is 1. The number of carbonyl (C=O) groups is 1. The average Bonchev–Trinajstić information content (AvgIpc) is 3.01. The molecular formula is C19H12FNO3S2. The van der Waals surface area contributed by atoms with Crippen molar-refractivity contribution in [2.24, 2.45) is 5.92 Å². The zero-order chi connectivity index (χ0) is 17.8. The lowest BCUT2D eigenvalue weighted by molar-refractivity contribution is -0.140. The van der Waals surface area contributed by atoms with E-state index in [2.05, 4.69) is 4.98 Å². The number of H-pyrrole nitrogens is 1. The van der Waals surface area contributed by atoms with E-state index in [1.54, 1.807) is 18.2 Å². The molecule has 2 aliphatic rings. The van der Waals surface area contributed by atoms with E-state index in [1.807, 2.05) is 18.2 Å². The lowest BCUT2D eigenvalue weighted by Gasteiger charge is -2.39. The molecule has 4 nitrogen and oxygen atoms in total. The van der Waals surface area contributed by atoms with Crippen LogP contribution >= 0.6 is 23.1 Å². The lowest BCUT2D eigenvalue weighted by atomic mass is 9.78. The summed E-state index contributed by atoms with van der Waals surface area (Å²) in [6.07, 6.45) is 0. The topological polar surface area (TPSA) is 59.2 Å². The van der Waals surface area contributed by atoms with Gasteiger partial charge in [0.25, 0.3) is 0 Å². The molecule has 7 heteroatoms. The van der Waals surface area contributed by atoms with Crippen LogP contribution < -0.4 is 9.61 Å². The van der Waals surface area contributed by atoms with Gasteiger partial charge in [-0.25, -0.2) is 4.39 Å². The van der Waals surface area contributed by atoms with Crippen LogP contribution in [0.3, 0.4) is 0 Å². The first-order valence-electron chi connectivity index (χ1n) is 8.07. The largest absolute Gasteiger partial charge is 0.426 e. The van der Waals surface area contributed by atoms with Gasteiger partial charge in [0.05, 0.1) is 16.2 Å². The lowest BCUT2D eigenvalue weighted by Crippen LogP contribution is -2.37. The minimum Gasteiger partial charge on any atom is -0.426 e. The van der Waals surface area contributed by atoms with Gasteiger partial charge < -0.3 is 9.72 Å². The van der Waals surface area contributed by atoms with Crippen molar-refractivity contribution >= 4 is 29.1 Å². The monoisotopic (exact) mass is 385 g/mol. The summed E-state index contributed by atoms with van der Waals surface area (Å²) in [7, 11) is 0. The van der Waals surface area contributed by atoms with Crippen molar-refractivity contribution in [3.8, 4) is 5.75 Å². The number of ether oxygens (including phenoxy) is 1. The number of aromatic amines is 1. The Kier molecular flexibility index (Phi) is 3.55. The van der Waals surface area contributed by atoms with E-state index in [1.165, 1.54) is 23.9 Å². The summed E-state index contributed by atoms with van der Waals surface area (Å²) in [5.74, 6) is -0.827. The number of halogens is 1. The van der Waals surface area contributed by atoms with Crippen LogP contribution in [0, 0.1) is 11.7 Å². The van der Waals surface area contributed by atoms with Crippen LogP contribution in [0.25, 0.3) is 0 Å². The van der Waals surface area contributed by atoms with E-state index in [0.717, 1.165) is 32.4 Å². The molecule has 0 aliphatic carbocycles. The number of nitrogens with one attached hydrogen (secondary N) is 1. The van der Waals surface area contributed by atoms with E-state index in [-0.39, 0.29) is 27.8 Å². The third-order valence-electron chi connectivity index (χ3n) is 4.79. The quantitative estimate of drug-likeness (QED) is 0.506. The molecule has 0 unspecified atom stereocenters. The predicted molar refractivity (Wildman–Crippen MR) is 97.3 cm³/mol. The molecule has 5 rings (SSSR count). The van der Waals surface area contributed by atoms with Gasteiger partial charge in [0.2, 0.25) is 0 Å². The molecular weight excluding hydrogens is 373 g/mol. The van der Waals surface area contributed by atoms with E-state index in [0.29, 0.717) is 5.75 Å². The minimum atomic E-state index is -0.473. The number of rotatable bonds is 1. The Morgan fingerprint density at radius 2 is 1.81 bits per heavy atom. The maximum absolute atomic E-state index is 13.4. The maximum Gasteiger partial charge on any atom is 0.316 e. The Labute approximate surface area is 156 Å². The molecule has 0 saturated carbocycles. The second-order valence-corrected chi connectivity index (χ2v) is 8.43. The third kappa shape index (κ3) is 2.34. The molecule has 3 atom stereocenters. The molecule has 0 amide bonds. The standard InChI is InChI=1S/C19H12FNO3S2/c20-10-7-5-9(6-8-10)15-14-13(16-17(25-15)21-19(23)26-16)11-3-1-2-4-12(11)24-18(14)22/h1-8,13-15H,(H,21,23)/t13-,14+,15+/m0/s1. The number of benzene rings is 2. The van der Waals surface area contributed by atoms with Crippen molar-refractivity contribution in [2.75, 3.05) is 0 Å². The Morgan fingerprint density at radius 1 is 1.04 bits per heavy atom. The van der Waals surface area contributed by atoms with Crippen LogP contribution in [0.1, 0.15) is 27.2 Å². The van der Waals surface area contributed by atoms with Crippen molar-refractivity contribution in [3.05, 3.63) is 80.0 Å². The number of hydrogen-bond donors (Lipinski definition) is 1. The average molecular weight is 385 g/mol. The summed E-state index contributed by atoms with van der Waals surface area (Å²) < 4.78 is 18.9. The van der Waals surface area contributed by atoms with Crippen molar-refractivity contribution in [1.82, 2.24) is 4.98 Å². The highest BCUT2D eigenvalue weighted by Crippen LogP contribution is 2.58. The molecule has 2 aliphatic heterocycles. The third-order valence-corrected chi connectivity index (χ3v) is 7.26. The molecule has 3 heterocycles. The van der Waals surface area contributed by atoms with Gasteiger partial charge in [-0.3, -0.25) is 9.59 Å². The van der Waals surface area contributed by atoms with E-state index in [9.17, 15) is 14.0 Å². The van der Waals surface area contributed by atoms with Gasteiger partial charge in [0.1, 0.15) is 11.6 Å². The number of thiazole rings is 1. The number of hydrogen-bond acceptors (Lipinski definition) is 5. The van der Waals surface area contributed by atoms with E-state index >= 15 is 0 Å². The minimum absolute atomic E-state index is 0.141. The number of esters is 1. The van der Waals surface area contributed by atoms with Crippen LogP contribution in [0.2, 0.25) is 0 Å². The molecule has 0 bridgehead atoms. The van der Waals surface area contributed by atoms with Crippen LogP contribution in [-0.4, -0.2) is 11.0 Å². The van der Waals surface area contributed by atoms with Crippen molar-refractivity contribution in [2.45, 2.75) is 16.2 Å². The van der Waals surface area contributed by atoms with Crippen LogP contribution in [0.15, 0.2) is 58.4 Å². The molecule has 1 aromatic heterocycles. The fraction of sp³-hybridized carbons (Fsp3) is 0.158. The van der Waals surface area contributed by atoms with E-state index < -0.39 is 5.92 Å². The summed E-state index contributed by atoms with van der Waals surface area (Å²) in [6.45, 7) is 0. The summed E-state index contributed by atoms with van der Waals surface area (Å²) in [4.78, 5) is 28.5. The van der Waals surface area contributed by atoms with Crippen molar-refractivity contribution in [3.63, 3.8) is 0 Å². The zero-order valence-electron chi connectivity index (χ0n) is 13.3. The molecule has 0 radical (unpaired) electrons. The number of aromatic nitrogens is 1. The molecule has 3 aromatic rings. The van der Waals surface area contributed by atoms with Gasteiger partial charge in [-0.15, -0.1) is 0 Å². The predicted octanol–water partition coefficient (Wildman–Crippen LogP) is 4.09. The molecule has 1 N–H and O–H groups in total. The number of carbonyl (C=O) groups excluding carboxylic acids is 1.